The van der Waals surface area contributed by atoms with Gasteiger partial charge in [-0.3, -0.25) is 0 Å². The van der Waals surface area contributed by atoms with Gasteiger partial charge in [0.1, 0.15) is 0 Å². The van der Waals surface area contributed by atoms with E-state index in [-0.39, 0.29) is 12.1 Å². The Bertz CT molecular complexity index is 599. The van der Waals surface area contributed by atoms with Crippen LogP contribution in [-0.4, -0.2) is 6.03 Å². The number of amides is 2. The van der Waals surface area contributed by atoms with Gasteiger partial charge in [-0.25, -0.2) is 4.79 Å². The summed E-state index contributed by atoms with van der Waals surface area (Å²) >= 11 is 9.21. The molecule has 2 N–H and O–H groups in total. The van der Waals surface area contributed by atoms with Crippen LogP contribution in [0.1, 0.15) is 24.1 Å². The molecule has 3 nitrogen and oxygen atoms in total. The van der Waals surface area contributed by atoms with Gasteiger partial charge in [0.15, 0.2) is 0 Å². The highest BCUT2D eigenvalue weighted by atomic mass is 79.9. The van der Waals surface area contributed by atoms with E-state index in [1.165, 1.54) is 0 Å². The first-order chi connectivity index (χ1) is 10.0. The van der Waals surface area contributed by atoms with Crippen LogP contribution < -0.4 is 10.6 Å². The Morgan fingerprint density at radius 2 is 1.76 bits per heavy atom. The maximum absolute atomic E-state index is 11.9. The second kappa shape index (κ2) is 7.48. The molecule has 0 saturated heterocycles. The molecule has 0 aliphatic carbocycles. The molecule has 2 aromatic carbocycles. The average molecular weight is 368 g/mol. The summed E-state index contributed by atoms with van der Waals surface area (Å²) in [4.78, 5) is 11.9. The molecule has 0 bridgehead atoms. The van der Waals surface area contributed by atoms with Crippen LogP contribution in [0.3, 0.4) is 0 Å². The van der Waals surface area contributed by atoms with Gasteiger partial charge in [0.2, 0.25) is 0 Å². The van der Waals surface area contributed by atoms with Crippen molar-refractivity contribution in [2.24, 2.45) is 0 Å². The molecule has 0 aromatic heterocycles. The van der Waals surface area contributed by atoms with Crippen molar-refractivity contribution in [3.05, 3.63) is 69.2 Å². The summed E-state index contributed by atoms with van der Waals surface area (Å²) < 4.78 is 1.02. The normalized spacial score (nSPS) is 11.8. The fourth-order valence-electron chi connectivity index (χ4n) is 1.87. The molecule has 2 aromatic rings. The van der Waals surface area contributed by atoms with Crippen molar-refractivity contribution >= 4 is 33.6 Å². The Morgan fingerprint density at radius 3 is 2.38 bits per heavy atom. The summed E-state index contributed by atoms with van der Waals surface area (Å²) in [5.74, 6) is 0. The van der Waals surface area contributed by atoms with Crippen molar-refractivity contribution in [1.29, 1.82) is 0 Å². The third-order valence-electron chi connectivity index (χ3n) is 3.08. The number of halogens is 2. The minimum absolute atomic E-state index is 0.0525. The number of carbonyl (C=O) groups is 1. The molecule has 0 aliphatic heterocycles. The van der Waals surface area contributed by atoms with E-state index in [9.17, 15) is 4.79 Å². The lowest BCUT2D eigenvalue weighted by Gasteiger charge is -2.15. The molecule has 1 atom stereocenters. The van der Waals surface area contributed by atoms with Crippen LogP contribution in [0.15, 0.2) is 53.0 Å². The Balaban J connectivity index is 1.83. The van der Waals surface area contributed by atoms with Gasteiger partial charge in [0, 0.05) is 16.0 Å². The van der Waals surface area contributed by atoms with Crippen LogP contribution in [0, 0.1) is 0 Å². The second-order valence-corrected chi connectivity index (χ2v) is 6.08. The summed E-state index contributed by atoms with van der Waals surface area (Å²) in [6, 6.07) is 15.0. The molecule has 0 radical (unpaired) electrons. The van der Waals surface area contributed by atoms with E-state index in [0.717, 1.165) is 15.6 Å². The standard InChI is InChI=1S/C16H16BrClN2O/c1-11(13-4-6-14(17)7-5-13)20-16(21)19-10-12-2-8-15(18)9-3-12/h2-9,11H,10H2,1H3,(H2,19,20,21). The molecule has 0 fully saturated rings. The average Bonchev–Trinajstić information content (AvgIpc) is 2.47. The van der Waals surface area contributed by atoms with Crippen molar-refractivity contribution < 1.29 is 4.79 Å². The SMILES string of the molecule is CC(NC(=O)NCc1ccc(Cl)cc1)c1ccc(Br)cc1. The number of urea groups is 1. The van der Waals surface area contributed by atoms with E-state index in [1.807, 2.05) is 43.3 Å². The van der Waals surface area contributed by atoms with E-state index >= 15 is 0 Å². The van der Waals surface area contributed by atoms with Gasteiger partial charge in [-0.05, 0) is 42.3 Å². The number of nitrogens with one attached hydrogen (secondary N) is 2. The van der Waals surface area contributed by atoms with E-state index in [2.05, 4.69) is 26.6 Å². The van der Waals surface area contributed by atoms with Crippen LogP contribution in [0.4, 0.5) is 4.79 Å². The highest BCUT2D eigenvalue weighted by molar-refractivity contribution is 9.10. The summed E-state index contributed by atoms with van der Waals surface area (Å²) in [5.41, 5.74) is 2.06. The van der Waals surface area contributed by atoms with Gasteiger partial charge in [-0.15, -0.1) is 0 Å². The molecule has 0 aliphatic rings. The Morgan fingerprint density at radius 1 is 1.14 bits per heavy atom. The predicted molar refractivity (Wildman–Crippen MR) is 89.4 cm³/mol. The van der Waals surface area contributed by atoms with Crippen molar-refractivity contribution in [3.8, 4) is 0 Å². The fraction of sp³-hybridized carbons (Fsp3) is 0.188. The summed E-state index contributed by atoms with van der Waals surface area (Å²) in [6.07, 6.45) is 0. The zero-order chi connectivity index (χ0) is 15.2. The van der Waals surface area contributed by atoms with Gasteiger partial charge >= 0.3 is 6.03 Å². The zero-order valence-electron chi connectivity index (χ0n) is 11.6. The molecule has 0 spiro atoms. The number of carbonyl (C=O) groups excluding carboxylic acids is 1. The maximum atomic E-state index is 11.9. The summed E-state index contributed by atoms with van der Waals surface area (Å²) in [5, 5.41) is 6.42. The molecule has 110 valence electrons. The first-order valence-electron chi connectivity index (χ1n) is 6.59. The molecule has 2 rings (SSSR count). The quantitative estimate of drug-likeness (QED) is 0.810. The van der Waals surface area contributed by atoms with Gasteiger partial charge in [-0.1, -0.05) is 51.8 Å². The van der Waals surface area contributed by atoms with Gasteiger partial charge in [0.25, 0.3) is 0 Å². The van der Waals surface area contributed by atoms with Gasteiger partial charge in [0.05, 0.1) is 6.04 Å². The number of hydrogen-bond acceptors (Lipinski definition) is 1. The Hall–Kier alpha value is -1.52. The highest BCUT2D eigenvalue weighted by Gasteiger charge is 2.08. The van der Waals surface area contributed by atoms with Gasteiger partial charge < -0.3 is 10.6 Å². The first-order valence-corrected chi connectivity index (χ1v) is 7.76. The van der Waals surface area contributed by atoms with Crippen molar-refractivity contribution in [2.75, 3.05) is 0 Å². The molecule has 21 heavy (non-hydrogen) atoms. The molecule has 2 amide bonds. The van der Waals surface area contributed by atoms with Crippen LogP contribution in [0.25, 0.3) is 0 Å². The predicted octanol–water partition coefficient (Wildman–Crippen LogP) is 4.66. The van der Waals surface area contributed by atoms with Crippen molar-refractivity contribution in [2.45, 2.75) is 19.5 Å². The van der Waals surface area contributed by atoms with Crippen LogP contribution in [0.5, 0.6) is 0 Å². The highest BCUT2D eigenvalue weighted by Crippen LogP contribution is 2.16. The smallest absolute Gasteiger partial charge is 0.315 e. The van der Waals surface area contributed by atoms with Crippen molar-refractivity contribution in [3.63, 3.8) is 0 Å². The lowest BCUT2D eigenvalue weighted by molar-refractivity contribution is 0.237. The van der Waals surface area contributed by atoms with Crippen LogP contribution in [-0.2, 0) is 6.54 Å². The van der Waals surface area contributed by atoms with E-state index in [4.69, 9.17) is 11.6 Å². The third kappa shape index (κ3) is 5.06. The Labute approximate surface area is 137 Å². The fourth-order valence-corrected chi connectivity index (χ4v) is 2.26. The molecular weight excluding hydrogens is 352 g/mol. The van der Waals surface area contributed by atoms with Gasteiger partial charge in [-0.2, -0.15) is 0 Å². The third-order valence-corrected chi connectivity index (χ3v) is 3.86. The van der Waals surface area contributed by atoms with E-state index in [1.54, 1.807) is 12.1 Å². The first kappa shape index (κ1) is 15.9. The monoisotopic (exact) mass is 366 g/mol. The topological polar surface area (TPSA) is 41.1 Å². The van der Waals surface area contributed by atoms with Crippen molar-refractivity contribution in [1.82, 2.24) is 10.6 Å². The summed E-state index contributed by atoms with van der Waals surface area (Å²) in [6.45, 7) is 2.42. The molecule has 1 unspecified atom stereocenters. The molecule has 5 heteroatoms. The maximum Gasteiger partial charge on any atom is 0.315 e. The van der Waals surface area contributed by atoms with E-state index in [0.29, 0.717) is 11.6 Å². The molecule has 0 heterocycles. The van der Waals surface area contributed by atoms with Crippen LogP contribution >= 0.6 is 27.5 Å². The lowest BCUT2D eigenvalue weighted by Crippen LogP contribution is -2.36. The molecular formula is C16H16BrClN2O. The van der Waals surface area contributed by atoms with E-state index < -0.39 is 0 Å². The summed E-state index contributed by atoms with van der Waals surface area (Å²) in [7, 11) is 0. The number of hydrogen-bond donors (Lipinski definition) is 2. The lowest BCUT2D eigenvalue weighted by atomic mass is 10.1. The number of benzene rings is 2. The zero-order valence-corrected chi connectivity index (χ0v) is 13.9. The number of rotatable bonds is 4. The second-order valence-electron chi connectivity index (χ2n) is 4.73. The Kier molecular flexibility index (Phi) is 5.65. The minimum atomic E-state index is -0.194. The molecule has 0 saturated carbocycles. The van der Waals surface area contributed by atoms with Crippen LogP contribution in [0.2, 0.25) is 5.02 Å². The minimum Gasteiger partial charge on any atom is -0.334 e. The largest absolute Gasteiger partial charge is 0.334 e.